The second kappa shape index (κ2) is 5.08. The Hall–Kier alpha value is -1.75. The number of aldehydes is 1. The van der Waals surface area contributed by atoms with Crippen molar-refractivity contribution in [2.75, 3.05) is 6.61 Å². The van der Waals surface area contributed by atoms with Crippen LogP contribution in [0.3, 0.4) is 0 Å². The summed E-state index contributed by atoms with van der Waals surface area (Å²) in [6.07, 6.45) is 6.74. The van der Waals surface area contributed by atoms with E-state index in [0.29, 0.717) is 5.56 Å². The molecule has 0 atom stereocenters. The first kappa shape index (κ1) is 10.3. The molecule has 0 bridgehead atoms. The van der Waals surface area contributed by atoms with E-state index in [1.54, 1.807) is 12.1 Å². The molecule has 0 unspecified atom stereocenters. The van der Waals surface area contributed by atoms with Crippen LogP contribution in [0, 0.1) is 12.3 Å². The molecular weight excluding hydrogens is 176 g/mol. The monoisotopic (exact) mass is 188 g/mol. The molecule has 0 spiro atoms. The van der Waals surface area contributed by atoms with E-state index in [1.165, 1.54) is 0 Å². The quantitative estimate of drug-likeness (QED) is 0.534. The van der Waals surface area contributed by atoms with Gasteiger partial charge in [0.1, 0.15) is 18.6 Å². The Morgan fingerprint density at radius 3 is 2.93 bits per heavy atom. The van der Waals surface area contributed by atoms with E-state index < -0.39 is 0 Å². The van der Waals surface area contributed by atoms with Gasteiger partial charge in [-0.25, -0.2) is 0 Å². The summed E-state index contributed by atoms with van der Waals surface area (Å²) >= 11 is 0. The number of hydrogen-bond acceptors (Lipinski definition) is 2. The molecule has 1 rings (SSSR count). The minimum atomic E-state index is 0.257. The molecule has 2 heteroatoms. The second-order valence-electron chi connectivity index (χ2n) is 2.83. The van der Waals surface area contributed by atoms with Gasteiger partial charge in [-0.2, -0.15) is 0 Å². The molecule has 0 aliphatic rings. The van der Waals surface area contributed by atoms with Crippen molar-refractivity contribution in [3.8, 4) is 18.1 Å². The first-order valence-electron chi connectivity index (χ1n) is 4.46. The summed E-state index contributed by atoms with van der Waals surface area (Å²) in [5, 5.41) is 0. The van der Waals surface area contributed by atoms with Crippen LogP contribution in [0.1, 0.15) is 22.8 Å². The van der Waals surface area contributed by atoms with Crippen LogP contribution in [0.15, 0.2) is 18.2 Å². The standard InChI is InChI=1S/C12H12O2/c1-3-7-14-12-6-5-10(9-13)8-11(12)4-2/h1,5-6,8-9H,4,7H2,2H3. The number of carbonyl (C=O) groups is 1. The second-order valence-corrected chi connectivity index (χ2v) is 2.83. The Morgan fingerprint density at radius 1 is 1.57 bits per heavy atom. The van der Waals surface area contributed by atoms with Crippen LogP contribution in [0.2, 0.25) is 0 Å². The lowest BCUT2D eigenvalue weighted by Gasteiger charge is -2.08. The maximum atomic E-state index is 10.5. The zero-order chi connectivity index (χ0) is 10.4. The average Bonchev–Trinajstić information content (AvgIpc) is 2.26. The van der Waals surface area contributed by atoms with Crippen LogP contribution < -0.4 is 4.74 Å². The fourth-order valence-electron chi connectivity index (χ4n) is 1.21. The molecule has 0 aliphatic heterocycles. The highest BCUT2D eigenvalue weighted by molar-refractivity contribution is 5.75. The summed E-state index contributed by atoms with van der Waals surface area (Å²) in [7, 11) is 0. The van der Waals surface area contributed by atoms with Crippen molar-refractivity contribution in [2.24, 2.45) is 0 Å². The van der Waals surface area contributed by atoms with Crippen molar-refractivity contribution in [3.05, 3.63) is 29.3 Å². The Bertz CT molecular complexity index is 361. The molecule has 72 valence electrons. The Morgan fingerprint density at radius 2 is 2.36 bits per heavy atom. The van der Waals surface area contributed by atoms with Gasteiger partial charge in [-0.1, -0.05) is 12.8 Å². The van der Waals surface area contributed by atoms with Crippen molar-refractivity contribution in [2.45, 2.75) is 13.3 Å². The maximum Gasteiger partial charge on any atom is 0.150 e. The van der Waals surface area contributed by atoms with Gasteiger partial charge >= 0.3 is 0 Å². The van der Waals surface area contributed by atoms with E-state index in [0.717, 1.165) is 24.0 Å². The van der Waals surface area contributed by atoms with E-state index in [1.807, 2.05) is 13.0 Å². The van der Waals surface area contributed by atoms with Crippen molar-refractivity contribution in [1.82, 2.24) is 0 Å². The highest BCUT2D eigenvalue weighted by Crippen LogP contribution is 2.19. The van der Waals surface area contributed by atoms with Crippen LogP contribution in [-0.2, 0) is 6.42 Å². The van der Waals surface area contributed by atoms with E-state index in [9.17, 15) is 4.79 Å². The number of benzene rings is 1. The summed E-state index contributed by atoms with van der Waals surface area (Å²) in [5.41, 5.74) is 1.67. The van der Waals surface area contributed by atoms with Crippen LogP contribution in [0.25, 0.3) is 0 Å². The largest absolute Gasteiger partial charge is 0.481 e. The van der Waals surface area contributed by atoms with Gasteiger partial charge in [0.25, 0.3) is 0 Å². The third-order valence-corrected chi connectivity index (χ3v) is 1.91. The van der Waals surface area contributed by atoms with E-state index >= 15 is 0 Å². The molecule has 0 aliphatic carbocycles. The lowest BCUT2D eigenvalue weighted by Crippen LogP contribution is -1.98. The van der Waals surface area contributed by atoms with Crippen LogP contribution >= 0.6 is 0 Å². The van der Waals surface area contributed by atoms with Crippen molar-refractivity contribution >= 4 is 6.29 Å². The Labute approximate surface area is 83.9 Å². The van der Waals surface area contributed by atoms with Crippen molar-refractivity contribution in [3.63, 3.8) is 0 Å². The van der Waals surface area contributed by atoms with Gasteiger partial charge in [0.15, 0.2) is 0 Å². The predicted molar refractivity (Wildman–Crippen MR) is 55.5 cm³/mol. The first-order chi connectivity index (χ1) is 6.81. The summed E-state index contributed by atoms with van der Waals surface area (Å²) in [6, 6.07) is 5.32. The van der Waals surface area contributed by atoms with Gasteiger partial charge in [0.05, 0.1) is 0 Å². The summed E-state index contributed by atoms with van der Waals surface area (Å²) in [4.78, 5) is 10.5. The molecule has 14 heavy (non-hydrogen) atoms. The molecule has 0 heterocycles. The molecule has 0 radical (unpaired) electrons. The lowest BCUT2D eigenvalue weighted by molar-refractivity contribution is 0.112. The first-order valence-corrected chi connectivity index (χ1v) is 4.46. The number of carbonyl (C=O) groups excluding carboxylic acids is 1. The molecule has 1 aromatic carbocycles. The molecule has 1 aromatic rings. The lowest BCUT2D eigenvalue weighted by atomic mass is 10.1. The molecule has 0 aromatic heterocycles. The Balaban J connectivity index is 2.94. The number of rotatable bonds is 4. The van der Waals surface area contributed by atoms with Gasteiger partial charge in [-0.3, -0.25) is 4.79 Å². The fourth-order valence-corrected chi connectivity index (χ4v) is 1.21. The topological polar surface area (TPSA) is 26.3 Å². The van der Waals surface area contributed by atoms with Gasteiger partial charge in [-0.05, 0) is 30.2 Å². The number of terminal acetylenes is 1. The fraction of sp³-hybridized carbons (Fsp3) is 0.250. The van der Waals surface area contributed by atoms with Crippen LogP contribution in [0.4, 0.5) is 0 Å². The number of aryl methyl sites for hydroxylation is 1. The van der Waals surface area contributed by atoms with Crippen molar-refractivity contribution in [1.29, 1.82) is 0 Å². The highest BCUT2D eigenvalue weighted by atomic mass is 16.5. The van der Waals surface area contributed by atoms with Gasteiger partial charge in [0, 0.05) is 5.56 Å². The number of ether oxygens (including phenoxy) is 1. The molecule has 0 saturated carbocycles. The van der Waals surface area contributed by atoms with Gasteiger partial charge in [0.2, 0.25) is 0 Å². The maximum absolute atomic E-state index is 10.5. The van der Waals surface area contributed by atoms with Crippen molar-refractivity contribution < 1.29 is 9.53 Å². The van der Waals surface area contributed by atoms with E-state index in [2.05, 4.69) is 5.92 Å². The third kappa shape index (κ3) is 2.37. The summed E-state index contributed by atoms with van der Waals surface area (Å²) < 4.78 is 5.32. The van der Waals surface area contributed by atoms with Gasteiger partial charge in [-0.15, -0.1) is 6.42 Å². The van der Waals surface area contributed by atoms with Crippen LogP contribution in [-0.4, -0.2) is 12.9 Å². The molecule has 0 fully saturated rings. The molecule has 0 amide bonds. The Kier molecular flexibility index (Phi) is 3.75. The average molecular weight is 188 g/mol. The smallest absolute Gasteiger partial charge is 0.150 e. The third-order valence-electron chi connectivity index (χ3n) is 1.91. The zero-order valence-corrected chi connectivity index (χ0v) is 8.12. The normalized spacial score (nSPS) is 9.14. The van der Waals surface area contributed by atoms with Crippen LogP contribution in [0.5, 0.6) is 5.75 Å². The molecule has 2 nitrogen and oxygen atoms in total. The van der Waals surface area contributed by atoms with Gasteiger partial charge < -0.3 is 4.74 Å². The predicted octanol–water partition coefficient (Wildman–Crippen LogP) is 2.07. The minimum absolute atomic E-state index is 0.257. The summed E-state index contributed by atoms with van der Waals surface area (Å²) in [5.74, 6) is 3.16. The van der Waals surface area contributed by atoms with E-state index in [-0.39, 0.29) is 6.61 Å². The van der Waals surface area contributed by atoms with E-state index in [4.69, 9.17) is 11.2 Å². The molecule has 0 N–H and O–H groups in total. The highest BCUT2D eigenvalue weighted by Gasteiger charge is 2.02. The summed E-state index contributed by atoms with van der Waals surface area (Å²) in [6.45, 7) is 2.26. The minimum Gasteiger partial charge on any atom is -0.481 e. The molecular formula is C12H12O2. The molecule has 0 saturated heterocycles. The SMILES string of the molecule is C#CCOc1ccc(C=O)cc1CC. The number of hydrogen-bond donors (Lipinski definition) is 0. The zero-order valence-electron chi connectivity index (χ0n) is 8.12.